The standard InChI is InChI=1S/C6H14IN3/c1-5(2)10(8)9-4-6(3)7/h4-6H,8H2,1-3H3. The number of hydrazone groups is 1. The maximum atomic E-state index is 5.50. The Kier molecular flexibility index (Phi) is 4.98. The van der Waals surface area contributed by atoms with Crippen LogP contribution in [0.5, 0.6) is 0 Å². The minimum atomic E-state index is 0.270. The molecule has 0 rings (SSSR count). The number of halogens is 1. The van der Waals surface area contributed by atoms with E-state index in [0.29, 0.717) is 3.92 Å². The zero-order chi connectivity index (χ0) is 8.15. The Labute approximate surface area is 75.8 Å². The van der Waals surface area contributed by atoms with Gasteiger partial charge in [-0.15, -0.1) is 0 Å². The van der Waals surface area contributed by atoms with E-state index in [4.69, 9.17) is 5.84 Å². The third-order valence-corrected chi connectivity index (χ3v) is 1.26. The Hall–Kier alpha value is 0.160. The molecule has 0 heterocycles. The van der Waals surface area contributed by atoms with Crippen molar-refractivity contribution in [3.8, 4) is 0 Å². The summed E-state index contributed by atoms with van der Waals surface area (Å²) in [5.74, 6) is 5.50. The van der Waals surface area contributed by atoms with Gasteiger partial charge in [0.05, 0.1) is 6.04 Å². The Balaban J connectivity index is 3.66. The van der Waals surface area contributed by atoms with Crippen LogP contribution in [0.3, 0.4) is 0 Å². The van der Waals surface area contributed by atoms with Gasteiger partial charge in [0.25, 0.3) is 0 Å². The number of nitrogens with two attached hydrogens (primary N) is 1. The Morgan fingerprint density at radius 2 is 2.00 bits per heavy atom. The lowest BCUT2D eigenvalue weighted by atomic mass is 10.4. The molecule has 1 atom stereocenters. The van der Waals surface area contributed by atoms with Crippen molar-refractivity contribution in [2.75, 3.05) is 0 Å². The third kappa shape index (κ3) is 4.99. The molecule has 0 aliphatic rings. The number of nitrogens with zero attached hydrogens (tertiary/aromatic N) is 2. The Morgan fingerprint density at radius 1 is 1.50 bits per heavy atom. The van der Waals surface area contributed by atoms with Crippen molar-refractivity contribution in [1.82, 2.24) is 5.12 Å². The molecule has 0 radical (unpaired) electrons. The van der Waals surface area contributed by atoms with Crippen molar-refractivity contribution in [2.45, 2.75) is 30.7 Å². The first-order valence-electron chi connectivity index (χ1n) is 3.26. The normalized spacial score (nSPS) is 14.6. The molecule has 1 unspecified atom stereocenters. The molecule has 3 nitrogen and oxygen atoms in total. The van der Waals surface area contributed by atoms with Gasteiger partial charge in [0.2, 0.25) is 0 Å². The average Bonchev–Trinajstić information content (AvgIpc) is 1.82. The highest BCUT2D eigenvalue weighted by Crippen LogP contribution is 1.95. The van der Waals surface area contributed by atoms with E-state index in [2.05, 4.69) is 34.6 Å². The van der Waals surface area contributed by atoms with E-state index in [1.54, 1.807) is 0 Å². The molecule has 0 fully saturated rings. The second-order valence-electron chi connectivity index (χ2n) is 2.42. The van der Waals surface area contributed by atoms with Crippen molar-refractivity contribution in [3.05, 3.63) is 0 Å². The van der Waals surface area contributed by atoms with Crippen LogP contribution in [0.1, 0.15) is 20.8 Å². The van der Waals surface area contributed by atoms with Gasteiger partial charge in [0.15, 0.2) is 0 Å². The Bertz CT molecular complexity index is 112. The lowest BCUT2D eigenvalue weighted by molar-refractivity contribution is 0.241. The maximum absolute atomic E-state index is 5.50. The molecule has 0 amide bonds. The smallest absolute Gasteiger partial charge is 0.0583 e. The number of hydrogen-bond donors (Lipinski definition) is 1. The zero-order valence-electron chi connectivity index (χ0n) is 6.58. The largest absolute Gasteiger partial charge is 0.231 e. The van der Waals surface area contributed by atoms with Crippen molar-refractivity contribution in [3.63, 3.8) is 0 Å². The van der Waals surface area contributed by atoms with Crippen LogP contribution in [-0.4, -0.2) is 21.3 Å². The lowest BCUT2D eigenvalue weighted by Crippen LogP contribution is -2.32. The summed E-state index contributed by atoms with van der Waals surface area (Å²) in [6, 6.07) is 0.270. The summed E-state index contributed by atoms with van der Waals surface area (Å²) in [7, 11) is 0. The fraction of sp³-hybridized carbons (Fsp3) is 0.833. The topological polar surface area (TPSA) is 41.6 Å². The molecule has 0 saturated carbocycles. The number of hydrogen-bond acceptors (Lipinski definition) is 3. The van der Waals surface area contributed by atoms with E-state index >= 15 is 0 Å². The van der Waals surface area contributed by atoms with Gasteiger partial charge in [-0.25, -0.2) is 11.0 Å². The summed E-state index contributed by atoms with van der Waals surface area (Å²) in [4.78, 5) is 0. The number of alkyl halides is 1. The Morgan fingerprint density at radius 3 is 2.30 bits per heavy atom. The predicted octanol–water partition coefficient (Wildman–Crippen LogP) is 1.38. The number of hydrazine groups is 1. The molecule has 0 saturated heterocycles. The van der Waals surface area contributed by atoms with Gasteiger partial charge in [-0.05, 0) is 20.8 Å². The van der Waals surface area contributed by atoms with Gasteiger partial charge in [-0.1, -0.05) is 22.6 Å². The minimum Gasteiger partial charge on any atom is -0.231 e. The minimum absolute atomic E-state index is 0.270. The van der Waals surface area contributed by atoms with Crippen LogP contribution in [0.2, 0.25) is 0 Å². The monoisotopic (exact) mass is 255 g/mol. The average molecular weight is 255 g/mol. The van der Waals surface area contributed by atoms with Crippen LogP contribution in [0.15, 0.2) is 5.10 Å². The highest BCUT2D eigenvalue weighted by molar-refractivity contribution is 14.1. The summed E-state index contributed by atoms with van der Waals surface area (Å²) in [5, 5.41) is 5.46. The second-order valence-corrected chi connectivity index (χ2v) is 4.38. The molecule has 0 aliphatic heterocycles. The molecule has 10 heavy (non-hydrogen) atoms. The lowest BCUT2D eigenvalue weighted by Gasteiger charge is -2.15. The molecule has 4 heteroatoms. The third-order valence-electron chi connectivity index (χ3n) is 0.934. The quantitative estimate of drug-likeness (QED) is 0.272. The first-order valence-corrected chi connectivity index (χ1v) is 4.50. The van der Waals surface area contributed by atoms with E-state index in [9.17, 15) is 0 Å². The van der Waals surface area contributed by atoms with Crippen LogP contribution < -0.4 is 5.84 Å². The SMILES string of the molecule is CC(I)C=NN(N)C(C)C. The summed E-state index contributed by atoms with van der Waals surface area (Å²) in [5.41, 5.74) is 0. The van der Waals surface area contributed by atoms with Crippen molar-refractivity contribution < 1.29 is 0 Å². The highest BCUT2D eigenvalue weighted by atomic mass is 127. The molecule has 0 aliphatic carbocycles. The summed E-state index contributed by atoms with van der Waals surface area (Å²) in [6.07, 6.45) is 1.82. The molecule has 0 aromatic carbocycles. The fourth-order valence-corrected chi connectivity index (χ4v) is 0.446. The maximum Gasteiger partial charge on any atom is 0.0583 e. The van der Waals surface area contributed by atoms with E-state index in [1.165, 1.54) is 5.12 Å². The summed E-state index contributed by atoms with van der Waals surface area (Å²) in [6.45, 7) is 6.04. The van der Waals surface area contributed by atoms with Gasteiger partial charge in [-0.3, -0.25) is 0 Å². The van der Waals surface area contributed by atoms with Crippen LogP contribution in [0.25, 0.3) is 0 Å². The number of rotatable bonds is 3. The van der Waals surface area contributed by atoms with E-state index < -0.39 is 0 Å². The summed E-state index contributed by atoms with van der Waals surface area (Å²) >= 11 is 2.27. The second kappa shape index (κ2) is 4.90. The molecule has 0 spiro atoms. The first-order chi connectivity index (χ1) is 4.54. The molecule has 2 N–H and O–H groups in total. The van der Waals surface area contributed by atoms with E-state index in [-0.39, 0.29) is 6.04 Å². The van der Waals surface area contributed by atoms with Crippen molar-refractivity contribution >= 4 is 28.8 Å². The van der Waals surface area contributed by atoms with Crippen LogP contribution in [0, 0.1) is 0 Å². The van der Waals surface area contributed by atoms with E-state index in [1.807, 2.05) is 20.1 Å². The van der Waals surface area contributed by atoms with E-state index in [0.717, 1.165) is 0 Å². The zero-order valence-corrected chi connectivity index (χ0v) is 8.74. The molecular formula is C6H14IN3. The molecule has 60 valence electrons. The molecule has 0 bridgehead atoms. The highest BCUT2D eigenvalue weighted by Gasteiger charge is 1.97. The molecular weight excluding hydrogens is 241 g/mol. The van der Waals surface area contributed by atoms with Crippen LogP contribution in [-0.2, 0) is 0 Å². The predicted molar refractivity (Wildman–Crippen MR) is 53.1 cm³/mol. The van der Waals surface area contributed by atoms with Crippen LogP contribution in [0.4, 0.5) is 0 Å². The van der Waals surface area contributed by atoms with Crippen molar-refractivity contribution in [1.29, 1.82) is 0 Å². The van der Waals surface area contributed by atoms with Gasteiger partial charge < -0.3 is 0 Å². The fourth-order valence-electron chi connectivity index (χ4n) is 0.302. The summed E-state index contributed by atoms with van der Waals surface area (Å²) < 4.78 is 0.433. The van der Waals surface area contributed by atoms with Crippen LogP contribution >= 0.6 is 22.6 Å². The van der Waals surface area contributed by atoms with Gasteiger partial charge in [0.1, 0.15) is 0 Å². The van der Waals surface area contributed by atoms with Gasteiger partial charge in [-0.2, -0.15) is 5.10 Å². The van der Waals surface area contributed by atoms with Gasteiger partial charge in [0, 0.05) is 10.1 Å². The van der Waals surface area contributed by atoms with Gasteiger partial charge >= 0.3 is 0 Å². The molecule has 0 aromatic heterocycles. The first kappa shape index (κ1) is 10.2. The molecule has 0 aromatic rings. The van der Waals surface area contributed by atoms with Crippen molar-refractivity contribution in [2.24, 2.45) is 10.9 Å².